The van der Waals surface area contributed by atoms with Gasteiger partial charge < -0.3 is 4.74 Å². The lowest BCUT2D eigenvalue weighted by Gasteiger charge is -2.41. The second kappa shape index (κ2) is 4.74. The Morgan fingerprint density at radius 3 is 2.26 bits per heavy atom. The molecule has 2 saturated carbocycles. The summed E-state index contributed by atoms with van der Waals surface area (Å²) in [6.07, 6.45) is 0. The average Bonchev–Trinajstić information content (AvgIpc) is 2.55. The molecular weight excluding hydrogens is 291 g/mol. The summed E-state index contributed by atoms with van der Waals surface area (Å²) in [5.74, 6) is -2.82. The van der Waals surface area contributed by atoms with Crippen molar-refractivity contribution in [1.82, 2.24) is 0 Å². The molecule has 0 aromatic rings. The lowest BCUT2D eigenvalue weighted by atomic mass is 9.71. The van der Waals surface area contributed by atoms with Gasteiger partial charge in [-0.15, -0.1) is 23.2 Å². The van der Waals surface area contributed by atoms with Crippen LogP contribution in [0.1, 0.15) is 20.8 Å². The SMILES string of the molecule is CC(C)(C)C(=O)OC[C@H]1C(=O)C(=O)[C@@H]2[C@H](Cl)[C@H](Cl)[C@@H]21. The Morgan fingerprint density at radius 1 is 1.16 bits per heavy atom. The van der Waals surface area contributed by atoms with Crippen LogP contribution in [-0.2, 0) is 19.1 Å². The maximum absolute atomic E-state index is 11.9. The van der Waals surface area contributed by atoms with Crippen molar-refractivity contribution in [3.05, 3.63) is 0 Å². The van der Waals surface area contributed by atoms with Crippen molar-refractivity contribution in [2.75, 3.05) is 6.61 Å². The van der Waals surface area contributed by atoms with E-state index in [9.17, 15) is 14.4 Å². The van der Waals surface area contributed by atoms with Gasteiger partial charge in [0.2, 0.25) is 11.6 Å². The molecule has 5 atom stereocenters. The van der Waals surface area contributed by atoms with E-state index in [-0.39, 0.29) is 12.5 Å². The molecule has 0 aromatic heterocycles. The van der Waals surface area contributed by atoms with Crippen LogP contribution in [0.3, 0.4) is 0 Å². The molecule has 2 aliphatic carbocycles. The first-order valence-electron chi connectivity index (χ1n) is 6.19. The molecule has 19 heavy (non-hydrogen) atoms. The van der Waals surface area contributed by atoms with Gasteiger partial charge in [0.15, 0.2) is 0 Å². The smallest absolute Gasteiger partial charge is 0.311 e. The largest absolute Gasteiger partial charge is 0.464 e. The van der Waals surface area contributed by atoms with Gasteiger partial charge in [-0.3, -0.25) is 14.4 Å². The van der Waals surface area contributed by atoms with E-state index in [4.69, 9.17) is 27.9 Å². The summed E-state index contributed by atoms with van der Waals surface area (Å²) in [6, 6.07) is 0. The number of halogens is 2. The number of rotatable bonds is 2. The number of hydrogen-bond acceptors (Lipinski definition) is 4. The first-order valence-corrected chi connectivity index (χ1v) is 7.07. The fourth-order valence-corrected chi connectivity index (χ4v) is 3.50. The highest BCUT2D eigenvalue weighted by Gasteiger charge is 2.64. The Labute approximate surface area is 121 Å². The van der Waals surface area contributed by atoms with Crippen molar-refractivity contribution in [1.29, 1.82) is 0 Å². The molecule has 0 aromatic carbocycles. The van der Waals surface area contributed by atoms with E-state index in [2.05, 4.69) is 0 Å². The lowest BCUT2D eigenvalue weighted by Crippen LogP contribution is -2.51. The van der Waals surface area contributed by atoms with E-state index in [1.54, 1.807) is 20.8 Å². The van der Waals surface area contributed by atoms with Crippen LogP contribution in [0.25, 0.3) is 0 Å². The summed E-state index contributed by atoms with van der Waals surface area (Å²) in [7, 11) is 0. The van der Waals surface area contributed by atoms with E-state index < -0.39 is 45.5 Å². The predicted octanol–water partition coefficient (Wildman–Crippen LogP) is 1.80. The number of esters is 1. The molecule has 2 rings (SSSR count). The number of carbonyl (C=O) groups excluding carboxylic acids is 3. The average molecular weight is 307 g/mol. The van der Waals surface area contributed by atoms with Gasteiger partial charge in [-0.1, -0.05) is 0 Å². The molecule has 0 aliphatic heterocycles. The van der Waals surface area contributed by atoms with Gasteiger partial charge in [0.1, 0.15) is 6.61 Å². The summed E-state index contributed by atoms with van der Waals surface area (Å²) in [5, 5.41) is -0.910. The van der Waals surface area contributed by atoms with Crippen LogP contribution < -0.4 is 0 Å². The van der Waals surface area contributed by atoms with E-state index in [1.807, 2.05) is 0 Å². The zero-order valence-electron chi connectivity index (χ0n) is 11.0. The Morgan fingerprint density at radius 2 is 1.74 bits per heavy atom. The van der Waals surface area contributed by atoms with E-state index in [0.717, 1.165) is 0 Å². The monoisotopic (exact) mass is 306 g/mol. The number of hydrogen-bond donors (Lipinski definition) is 0. The minimum absolute atomic E-state index is 0.0886. The quantitative estimate of drug-likeness (QED) is 0.443. The molecule has 0 amide bonds. The number of ketones is 2. The molecule has 6 heteroatoms. The van der Waals surface area contributed by atoms with Crippen molar-refractivity contribution >= 4 is 40.7 Å². The summed E-state index contributed by atoms with van der Waals surface area (Å²) in [5.41, 5.74) is -0.639. The molecule has 0 heterocycles. The van der Waals surface area contributed by atoms with Gasteiger partial charge >= 0.3 is 5.97 Å². The van der Waals surface area contributed by atoms with Crippen molar-refractivity contribution < 1.29 is 19.1 Å². The Balaban J connectivity index is 2.04. The van der Waals surface area contributed by atoms with Crippen molar-refractivity contribution in [2.24, 2.45) is 23.2 Å². The summed E-state index contributed by atoms with van der Waals surface area (Å²) < 4.78 is 5.13. The van der Waals surface area contributed by atoms with Crippen molar-refractivity contribution in [3.63, 3.8) is 0 Å². The third kappa shape index (κ3) is 2.29. The van der Waals surface area contributed by atoms with Crippen molar-refractivity contribution in [2.45, 2.75) is 31.5 Å². The normalized spacial score (nSPS) is 37.8. The topological polar surface area (TPSA) is 60.4 Å². The number of alkyl halides is 2. The Hall–Kier alpha value is -0.610. The molecule has 106 valence electrons. The van der Waals surface area contributed by atoms with Crippen LogP contribution in [0.4, 0.5) is 0 Å². The Bertz CT molecular complexity index is 440. The molecular formula is C13H16Cl2O4. The first kappa shape index (κ1) is 14.8. The van der Waals surface area contributed by atoms with E-state index in [0.29, 0.717) is 0 Å². The van der Waals surface area contributed by atoms with Gasteiger partial charge in [-0.05, 0) is 20.8 Å². The fourth-order valence-electron chi connectivity index (χ4n) is 2.56. The molecule has 0 saturated heterocycles. The molecule has 0 radical (unpaired) electrons. The Kier molecular flexibility index (Phi) is 3.69. The number of fused-ring (bicyclic) bond motifs is 1. The van der Waals surface area contributed by atoms with Crippen molar-refractivity contribution in [3.8, 4) is 0 Å². The summed E-state index contributed by atoms with van der Waals surface area (Å²) in [6.45, 7) is 5.08. The molecule has 0 N–H and O–H groups in total. The summed E-state index contributed by atoms with van der Waals surface area (Å²) >= 11 is 12.0. The molecule has 2 fully saturated rings. The highest BCUT2D eigenvalue weighted by atomic mass is 35.5. The third-order valence-corrected chi connectivity index (χ3v) is 5.02. The lowest BCUT2D eigenvalue weighted by molar-refractivity contribution is -0.155. The molecule has 0 bridgehead atoms. The second-order valence-corrected chi connectivity index (χ2v) is 7.18. The zero-order chi connectivity index (χ0) is 14.5. The van der Waals surface area contributed by atoms with Gasteiger partial charge in [-0.2, -0.15) is 0 Å². The predicted molar refractivity (Wildman–Crippen MR) is 70.2 cm³/mol. The minimum Gasteiger partial charge on any atom is -0.464 e. The highest BCUT2D eigenvalue weighted by molar-refractivity contribution is 6.46. The van der Waals surface area contributed by atoms with Crippen LogP contribution >= 0.6 is 23.2 Å². The van der Waals surface area contributed by atoms with Gasteiger partial charge in [-0.25, -0.2) is 0 Å². The van der Waals surface area contributed by atoms with Gasteiger partial charge in [0, 0.05) is 11.8 Å². The standard InChI is InChI=1S/C13H16Cl2O4/c1-13(2,3)12(18)19-4-5-6-7(9(15)8(6)14)11(17)10(5)16/h5-9H,4H2,1-3H3/t5-,6-,7+,8-,9+/m1/s1. The van der Waals surface area contributed by atoms with Gasteiger partial charge in [0.05, 0.1) is 22.1 Å². The zero-order valence-corrected chi connectivity index (χ0v) is 12.5. The van der Waals surface area contributed by atoms with E-state index >= 15 is 0 Å². The van der Waals surface area contributed by atoms with Crippen LogP contribution in [0, 0.1) is 23.2 Å². The van der Waals surface area contributed by atoms with Crippen LogP contribution in [0.2, 0.25) is 0 Å². The summed E-state index contributed by atoms with van der Waals surface area (Å²) in [4.78, 5) is 35.3. The highest BCUT2D eigenvalue weighted by Crippen LogP contribution is 2.52. The molecule has 2 aliphatic rings. The van der Waals surface area contributed by atoms with Gasteiger partial charge in [0.25, 0.3) is 0 Å². The number of carbonyl (C=O) groups is 3. The van der Waals surface area contributed by atoms with E-state index in [1.165, 1.54) is 0 Å². The third-order valence-electron chi connectivity index (χ3n) is 3.78. The van der Waals surface area contributed by atoms with Crippen LogP contribution in [0.15, 0.2) is 0 Å². The minimum atomic E-state index is -0.639. The first-order chi connectivity index (χ1) is 8.66. The number of Topliss-reactive ketones (excluding diaryl/α,β-unsaturated/α-hetero) is 2. The van der Waals surface area contributed by atoms with Crippen LogP contribution in [0.5, 0.6) is 0 Å². The number of ether oxygens (including phenoxy) is 1. The molecule has 0 unspecified atom stereocenters. The molecule has 4 nitrogen and oxygen atoms in total. The maximum Gasteiger partial charge on any atom is 0.311 e. The fraction of sp³-hybridized carbons (Fsp3) is 0.769. The maximum atomic E-state index is 11.9. The van der Waals surface area contributed by atoms with Crippen LogP contribution in [-0.4, -0.2) is 34.9 Å². The molecule has 0 spiro atoms. The second-order valence-electron chi connectivity index (χ2n) is 6.18.